The average Bonchev–Trinajstić information content (AvgIpc) is 3.26. The van der Waals surface area contributed by atoms with Crippen LogP contribution in [0.5, 0.6) is 0 Å². The summed E-state index contributed by atoms with van der Waals surface area (Å²) < 4.78 is 1.65. The van der Waals surface area contributed by atoms with Crippen LogP contribution in [0, 0.1) is 6.92 Å². The Balaban J connectivity index is 1.58. The molecule has 0 bridgehead atoms. The topological polar surface area (TPSA) is 106 Å². The highest BCUT2D eigenvalue weighted by atomic mass is 16.1. The van der Waals surface area contributed by atoms with E-state index in [2.05, 4.69) is 31.9 Å². The lowest BCUT2D eigenvalue weighted by molar-refractivity contribution is 0.0872. The first-order valence-electron chi connectivity index (χ1n) is 11.0. The number of carbonyl (C=O) groups is 1. The molecule has 0 spiro atoms. The van der Waals surface area contributed by atoms with Gasteiger partial charge in [-0.15, -0.1) is 0 Å². The van der Waals surface area contributed by atoms with Gasteiger partial charge in [0.05, 0.1) is 17.8 Å². The van der Waals surface area contributed by atoms with Crippen molar-refractivity contribution in [2.75, 3.05) is 45.5 Å². The summed E-state index contributed by atoms with van der Waals surface area (Å²) in [6.45, 7) is 5.72. The van der Waals surface area contributed by atoms with Crippen LogP contribution in [0.2, 0.25) is 0 Å². The first-order valence-corrected chi connectivity index (χ1v) is 11.0. The summed E-state index contributed by atoms with van der Waals surface area (Å²) in [5, 5.41) is 5.47. The molecule has 0 atom stereocenters. The van der Waals surface area contributed by atoms with E-state index in [1.165, 1.54) is 0 Å². The van der Waals surface area contributed by atoms with Crippen LogP contribution in [0.15, 0.2) is 48.8 Å². The van der Waals surface area contributed by atoms with Crippen molar-refractivity contribution in [3.8, 4) is 17.1 Å². The van der Waals surface area contributed by atoms with E-state index in [9.17, 15) is 4.79 Å². The van der Waals surface area contributed by atoms with E-state index >= 15 is 0 Å². The molecule has 1 aliphatic heterocycles. The van der Waals surface area contributed by atoms with Gasteiger partial charge in [-0.2, -0.15) is 5.10 Å². The highest BCUT2D eigenvalue weighted by molar-refractivity contribution is 6.00. The number of fused-ring (bicyclic) bond motifs is 1. The number of piperazine rings is 1. The molecule has 4 aromatic rings. The second kappa shape index (κ2) is 8.68. The number of Topliss-reactive ketones (excluding diaryl/α,β-unsaturated/α-hetero) is 1. The van der Waals surface area contributed by atoms with E-state index in [0.717, 1.165) is 48.3 Å². The molecule has 4 heterocycles. The number of hydrogen-bond donors (Lipinski definition) is 1. The molecule has 3 aromatic heterocycles. The maximum absolute atomic E-state index is 13.2. The monoisotopic (exact) mass is 442 g/mol. The molecule has 0 radical (unpaired) electrons. The number of anilines is 1. The fraction of sp³-hybridized carbons (Fsp3) is 0.292. The Morgan fingerprint density at radius 2 is 1.91 bits per heavy atom. The zero-order valence-corrected chi connectivity index (χ0v) is 18.8. The number of ketones is 1. The van der Waals surface area contributed by atoms with Gasteiger partial charge < -0.3 is 10.6 Å². The predicted octanol–water partition coefficient (Wildman–Crippen LogP) is 2.20. The van der Waals surface area contributed by atoms with Gasteiger partial charge in [0.15, 0.2) is 23.1 Å². The molecule has 1 aliphatic rings. The second-order valence-electron chi connectivity index (χ2n) is 8.44. The standard InChI is InChI=1S/C24H26N8O/c1-16-7-9-32(29-16)24-21(18-5-6-19-17(14-18)4-3-8-26-19)27-22(23(25)28-24)20(33)15-31-12-10-30(2)11-13-31/h3-9,14H,10-13,15H2,1-2H3,(H2,25,28). The largest absolute Gasteiger partial charge is 0.382 e. The summed E-state index contributed by atoms with van der Waals surface area (Å²) in [5.41, 5.74) is 9.56. The number of benzene rings is 1. The lowest BCUT2D eigenvalue weighted by atomic mass is 10.1. The van der Waals surface area contributed by atoms with Crippen LogP contribution in [0.1, 0.15) is 16.2 Å². The normalized spacial score (nSPS) is 15.2. The minimum atomic E-state index is -0.128. The van der Waals surface area contributed by atoms with Gasteiger partial charge >= 0.3 is 0 Å². The fourth-order valence-corrected chi connectivity index (χ4v) is 4.04. The van der Waals surface area contributed by atoms with E-state index in [0.29, 0.717) is 11.5 Å². The van der Waals surface area contributed by atoms with Crippen LogP contribution in [-0.4, -0.2) is 80.1 Å². The number of nitrogens with two attached hydrogens (primary N) is 1. The first-order chi connectivity index (χ1) is 16.0. The van der Waals surface area contributed by atoms with Gasteiger partial charge in [0.1, 0.15) is 5.69 Å². The van der Waals surface area contributed by atoms with Gasteiger partial charge in [-0.05, 0) is 38.2 Å². The van der Waals surface area contributed by atoms with Crippen LogP contribution < -0.4 is 5.73 Å². The summed E-state index contributed by atoms with van der Waals surface area (Å²) in [6, 6.07) is 11.6. The molecule has 168 valence electrons. The van der Waals surface area contributed by atoms with E-state index in [4.69, 9.17) is 10.7 Å². The third-order valence-electron chi connectivity index (χ3n) is 5.95. The molecule has 33 heavy (non-hydrogen) atoms. The fourth-order valence-electron chi connectivity index (χ4n) is 4.04. The molecule has 0 amide bonds. The Kier molecular flexibility index (Phi) is 5.57. The Morgan fingerprint density at radius 3 is 2.67 bits per heavy atom. The molecule has 0 aliphatic carbocycles. The van der Waals surface area contributed by atoms with E-state index in [1.54, 1.807) is 10.9 Å². The van der Waals surface area contributed by atoms with Crippen LogP contribution in [0.4, 0.5) is 5.82 Å². The number of aromatic nitrogens is 5. The number of carbonyl (C=O) groups excluding carboxylic acids is 1. The molecule has 1 fully saturated rings. The highest BCUT2D eigenvalue weighted by Gasteiger charge is 2.23. The number of nitrogens with zero attached hydrogens (tertiary/aromatic N) is 7. The van der Waals surface area contributed by atoms with Crippen molar-refractivity contribution in [1.82, 2.24) is 34.5 Å². The molecule has 1 saturated heterocycles. The minimum Gasteiger partial charge on any atom is -0.382 e. The summed E-state index contributed by atoms with van der Waals surface area (Å²) in [4.78, 5) is 31.3. The summed E-state index contributed by atoms with van der Waals surface area (Å²) >= 11 is 0. The van der Waals surface area contributed by atoms with Crippen LogP contribution >= 0.6 is 0 Å². The van der Waals surface area contributed by atoms with Crippen molar-refractivity contribution in [3.63, 3.8) is 0 Å². The molecule has 0 saturated carbocycles. The molecule has 1 aromatic carbocycles. The van der Waals surface area contributed by atoms with Crippen molar-refractivity contribution in [3.05, 3.63) is 60.2 Å². The van der Waals surface area contributed by atoms with Crippen LogP contribution in [0.25, 0.3) is 28.0 Å². The van der Waals surface area contributed by atoms with Crippen LogP contribution in [-0.2, 0) is 0 Å². The van der Waals surface area contributed by atoms with Crippen molar-refractivity contribution >= 4 is 22.5 Å². The molecule has 9 nitrogen and oxygen atoms in total. The van der Waals surface area contributed by atoms with Crippen molar-refractivity contribution < 1.29 is 4.79 Å². The lowest BCUT2D eigenvalue weighted by Crippen LogP contribution is -2.46. The number of aryl methyl sites for hydroxylation is 1. The number of pyridine rings is 1. The van der Waals surface area contributed by atoms with Gasteiger partial charge in [-0.1, -0.05) is 12.1 Å². The number of likely N-dealkylation sites (N-methyl/N-ethyl adjacent to an activating group) is 1. The number of nitrogen functional groups attached to an aromatic ring is 1. The molecule has 5 rings (SSSR count). The maximum atomic E-state index is 13.2. The third kappa shape index (κ3) is 4.33. The molecular formula is C24H26N8O. The smallest absolute Gasteiger partial charge is 0.198 e. The average molecular weight is 443 g/mol. The Bertz CT molecular complexity index is 1320. The maximum Gasteiger partial charge on any atom is 0.198 e. The Hall–Kier alpha value is -3.69. The minimum absolute atomic E-state index is 0.114. The van der Waals surface area contributed by atoms with Gasteiger partial charge in [0.25, 0.3) is 0 Å². The summed E-state index contributed by atoms with van der Waals surface area (Å²) in [7, 11) is 2.09. The van der Waals surface area contributed by atoms with Gasteiger partial charge in [0.2, 0.25) is 0 Å². The molecular weight excluding hydrogens is 416 g/mol. The van der Waals surface area contributed by atoms with E-state index in [1.807, 2.05) is 49.5 Å². The van der Waals surface area contributed by atoms with Crippen molar-refractivity contribution in [2.24, 2.45) is 0 Å². The molecule has 9 heteroatoms. The predicted molar refractivity (Wildman–Crippen MR) is 127 cm³/mol. The van der Waals surface area contributed by atoms with E-state index < -0.39 is 0 Å². The summed E-state index contributed by atoms with van der Waals surface area (Å²) in [5.74, 6) is 0.472. The zero-order chi connectivity index (χ0) is 22.9. The van der Waals surface area contributed by atoms with Crippen molar-refractivity contribution in [2.45, 2.75) is 6.92 Å². The molecule has 0 unspecified atom stereocenters. The SMILES string of the molecule is Cc1ccn(-c2nc(N)c(C(=O)CN3CCN(C)CC3)nc2-c2ccc3ncccc3c2)n1. The van der Waals surface area contributed by atoms with Crippen LogP contribution in [0.3, 0.4) is 0 Å². The zero-order valence-electron chi connectivity index (χ0n) is 18.8. The number of hydrogen-bond acceptors (Lipinski definition) is 8. The van der Waals surface area contributed by atoms with Gasteiger partial charge in [-0.25, -0.2) is 14.6 Å². The van der Waals surface area contributed by atoms with Crippen molar-refractivity contribution in [1.29, 1.82) is 0 Å². The summed E-state index contributed by atoms with van der Waals surface area (Å²) in [6.07, 6.45) is 3.58. The first kappa shape index (κ1) is 21.2. The van der Waals surface area contributed by atoms with Gasteiger partial charge in [-0.3, -0.25) is 14.7 Å². The van der Waals surface area contributed by atoms with E-state index in [-0.39, 0.29) is 23.8 Å². The second-order valence-corrected chi connectivity index (χ2v) is 8.44. The van der Waals surface area contributed by atoms with Gasteiger partial charge in [0, 0.05) is 49.5 Å². The third-order valence-corrected chi connectivity index (χ3v) is 5.95. The Labute approximate surface area is 191 Å². The lowest BCUT2D eigenvalue weighted by Gasteiger charge is -2.31. The highest BCUT2D eigenvalue weighted by Crippen LogP contribution is 2.28. The Morgan fingerprint density at radius 1 is 1.09 bits per heavy atom. The quantitative estimate of drug-likeness (QED) is 0.469. The molecule has 2 N–H and O–H groups in total. The number of rotatable bonds is 5.